The molecule has 2 rings (SSSR count). The summed E-state index contributed by atoms with van der Waals surface area (Å²) < 4.78 is 52.5. The van der Waals surface area contributed by atoms with Crippen LogP contribution in [-0.4, -0.2) is 0 Å². The Morgan fingerprint density at radius 1 is 1.00 bits per heavy atom. The summed E-state index contributed by atoms with van der Waals surface area (Å²) >= 11 is 2.90. The van der Waals surface area contributed by atoms with Crippen molar-refractivity contribution < 1.29 is 17.6 Å². The first-order valence-electron chi connectivity index (χ1n) is 5.47. The smallest absolute Gasteiger partial charge is 0.265 e. The predicted molar refractivity (Wildman–Crippen MR) is 73.2 cm³/mol. The fraction of sp³-hybridized carbons (Fsp3) is 0.0769. The van der Waals surface area contributed by atoms with E-state index in [1.165, 1.54) is 12.1 Å². The van der Waals surface area contributed by atoms with Crippen LogP contribution in [0.15, 0.2) is 34.8 Å². The molecular weight excluding hydrogens is 340 g/mol. The predicted octanol–water partition coefficient (Wildman–Crippen LogP) is 4.99. The molecule has 0 fully saturated rings. The van der Waals surface area contributed by atoms with Crippen LogP contribution < -0.4 is 11.1 Å². The maximum absolute atomic E-state index is 13.6. The molecule has 0 heterocycles. The minimum Gasteiger partial charge on any atom is -0.399 e. The molecule has 7 heteroatoms. The minimum atomic E-state index is -2.77. The van der Waals surface area contributed by atoms with Crippen molar-refractivity contribution in [1.29, 1.82) is 0 Å². The van der Waals surface area contributed by atoms with E-state index < -0.39 is 18.1 Å². The van der Waals surface area contributed by atoms with Gasteiger partial charge in [-0.15, -0.1) is 0 Å². The van der Waals surface area contributed by atoms with E-state index in [1.807, 2.05) is 0 Å². The second-order valence-electron chi connectivity index (χ2n) is 4.02. The highest BCUT2D eigenvalue weighted by Crippen LogP contribution is 2.33. The minimum absolute atomic E-state index is 0.00612. The fourth-order valence-corrected chi connectivity index (χ4v) is 1.98. The summed E-state index contributed by atoms with van der Waals surface area (Å²) in [5, 5.41) is 2.51. The Kier molecular flexibility index (Phi) is 4.17. The number of anilines is 3. The Balaban J connectivity index is 2.42. The van der Waals surface area contributed by atoms with E-state index in [0.29, 0.717) is 6.07 Å². The molecule has 2 nitrogen and oxygen atoms in total. The van der Waals surface area contributed by atoms with Gasteiger partial charge >= 0.3 is 0 Å². The third-order valence-corrected chi connectivity index (χ3v) is 3.20. The highest BCUT2D eigenvalue weighted by molar-refractivity contribution is 9.10. The fourth-order valence-electron chi connectivity index (χ4n) is 1.64. The summed E-state index contributed by atoms with van der Waals surface area (Å²) in [6, 6.07) is 5.61. The van der Waals surface area contributed by atoms with Crippen LogP contribution >= 0.6 is 15.9 Å². The van der Waals surface area contributed by atoms with Gasteiger partial charge in [-0.1, -0.05) is 0 Å². The molecule has 0 amide bonds. The van der Waals surface area contributed by atoms with Gasteiger partial charge in [0.15, 0.2) is 0 Å². The zero-order valence-corrected chi connectivity index (χ0v) is 11.5. The third kappa shape index (κ3) is 3.04. The number of hydrogen-bond acceptors (Lipinski definition) is 2. The van der Waals surface area contributed by atoms with Crippen LogP contribution in [0.3, 0.4) is 0 Å². The Hall–Kier alpha value is -1.76. The maximum Gasteiger partial charge on any atom is 0.265 e. The molecule has 20 heavy (non-hydrogen) atoms. The standard InChI is InChI=1S/C13H9BrF4N2/c14-8-4-12(10(16)5-9(8)15)20-11-2-1-6(19)3-7(11)13(17)18/h1-5,13,20H,19H2. The zero-order valence-electron chi connectivity index (χ0n) is 9.93. The lowest BCUT2D eigenvalue weighted by molar-refractivity contribution is 0.152. The van der Waals surface area contributed by atoms with Crippen molar-refractivity contribution in [3.05, 3.63) is 52.0 Å². The average Bonchev–Trinajstić information content (AvgIpc) is 2.37. The van der Waals surface area contributed by atoms with Gasteiger partial charge in [-0.3, -0.25) is 0 Å². The number of alkyl halides is 2. The lowest BCUT2D eigenvalue weighted by atomic mass is 10.1. The number of nitrogens with one attached hydrogen (secondary N) is 1. The Morgan fingerprint density at radius 3 is 2.35 bits per heavy atom. The molecular formula is C13H9BrF4N2. The topological polar surface area (TPSA) is 38.0 Å². The van der Waals surface area contributed by atoms with Crippen LogP contribution in [0.1, 0.15) is 12.0 Å². The third-order valence-electron chi connectivity index (χ3n) is 2.59. The van der Waals surface area contributed by atoms with Crippen molar-refractivity contribution in [3.8, 4) is 0 Å². The number of hydrogen-bond donors (Lipinski definition) is 2. The molecule has 0 atom stereocenters. The summed E-state index contributed by atoms with van der Waals surface area (Å²) in [5.41, 5.74) is 5.14. The Labute approximate surface area is 120 Å². The summed E-state index contributed by atoms with van der Waals surface area (Å²) in [6.45, 7) is 0. The van der Waals surface area contributed by atoms with Crippen LogP contribution in [0.2, 0.25) is 0 Å². The van der Waals surface area contributed by atoms with E-state index in [1.54, 1.807) is 0 Å². The first-order chi connectivity index (χ1) is 9.38. The monoisotopic (exact) mass is 348 g/mol. The molecule has 106 valence electrons. The SMILES string of the molecule is Nc1ccc(Nc2cc(Br)c(F)cc2F)c(C(F)F)c1. The van der Waals surface area contributed by atoms with Crippen molar-refractivity contribution in [2.45, 2.75) is 6.43 Å². The van der Waals surface area contributed by atoms with Gasteiger partial charge in [-0.25, -0.2) is 17.6 Å². The molecule has 3 N–H and O–H groups in total. The maximum atomic E-state index is 13.6. The van der Waals surface area contributed by atoms with E-state index in [9.17, 15) is 17.6 Å². The van der Waals surface area contributed by atoms with Crippen LogP contribution in [-0.2, 0) is 0 Å². The Morgan fingerprint density at radius 2 is 1.70 bits per heavy atom. The average molecular weight is 349 g/mol. The molecule has 0 bridgehead atoms. The van der Waals surface area contributed by atoms with Crippen molar-refractivity contribution in [2.75, 3.05) is 11.1 Å². The van der Waals surface area contributed by atoms with E-state index in [4.69, 9.17) is 5.73 Å². The highest BCUT2D eigenvalue weighted by atomic mass is 79.9. The number of halogens is 5. The number of nitrogens with two attached hydrogens (primary N) is 1. The van der Waals surface area contributed by atoms with E-state index in [2.05, 4.69) is 21.2 Å². The number of benzene rings is 2. The normalized spacial score (nSPS) is 10.9. The lowest BCUT2D eigenvalue weighted by Crippen LogP contribution is -2.00. The van der Waals surface area contributed by atoms with Crippen molar-refractivity contribution in [3.63, 3.8) is 0 Å². The molecule has 0 radical (unpaired) electrons. The second-order valence-corrected chi connectivity index (χ2v) is 4.87. The summed E-state index contributed by atoms with van der Waals surface area (Å²) in [5.74, 6) is -1.66. The lowest BCUT2D eigenvalue weighted by Gasteiger charge is -2.13. The van der Waals surface area contributed by atoms with Crippen molar-refractivity contribution in [2.24, 2.45) is 0 Å². The second kappa shape index (κ2) is 5.70. The summed E-state index contributed by atoms with van der Waals surface area (Å²) in [4.78, 5) is 0. The van der Waals surface area contributed by atoms with Gasteiger partial charge in [0.25, 0.3) is 6.43 Å². The van der Waals surface area contributed by atoms with Gasteiger partial charge in [0.05, 0.1) is 10.2 Å². The zero-order chi connectivity index (χ0) is 14.9. The first kappa shape index (κ1) is 14.6. The van der Waals surface area contributed by atoms with Gasteiger partial charge in [-0.05, 0) is 40.2 Å². The van der Waals surface area contributed by atoms with Gasteiger partial charge < -0.3 is 11.1 Å². The molecule has 0 aliphatic rings. The molecule has 0 spiro atoms. The number of rotatable bonds is 3. The van der Waals surface area contributed by atoms with E-state index >= 15 is 0 Å². The molecule has 0 aromatic heterocycles. The largest absolute Gasteiger partial charge is 0.399 e. The first-order valence-corrected chi connectivity index (χ1v) is 6.27. The highest BCUT2D eigenvalue weighted by Gasteiger charge is 2.15. The van der Waals surface area contributed by atoms with E-state index in [-0.39, 0.29) is 27.1 Å². The van der Waals surface area contributed by atoms with Gasteiger partial charge in [0.1, 0.15) is 11.6 Å². The van der Waals surface area contributed by atoms with Crippen LogP contribution in [0, 0.1) is 11.6 Å². The van der Waals surface area contributed by atoms with Gasteiger partial charge in [-0.2, -0.15) is 0 Å². The van der Waals surface area contributed by atoms with Crippen molar-refractivity contribution >= 4 is 33.0 Å². The molecule has 0 aliphatic heterocycles. The molecule has 0 saturated carbocycles. The molecule has 0 saturated heterocycles. The van der Waals surface area contributed by atoms with Gasteiger partial charge in [0.2, 0.25) is 0 Å². The number of nitrogen functional groups attached to an aromatic ring is 1. The summed E-state index contributed by atoms with van der Waals surface area (Å²) in [6.07, 6.45) is -2.77. The van der Waals surface area contributed by atoms with Crippen LogP contribution in [0.5, 0.6) is 0 Å². The van der Waals surface area contributed by atoms with E-state index in [0.717, 1.165) is 12.1 Å². The van der Waals surface area contributed by atoms with Gasteiger partial charge in [0, 0.05) is 23.0 Å². The molecule has 2 aromatic rings. The summed E-state index contributed by atoms with van der Waals surface area (Å²) in [7, 11) is 0. The Bertz CT molecular complexity index is 647. The van der Waals surface area contributed by atoms with Crippen LogP contribution in [0.25, 0.3) is 0 Å². The van der Waals surface area contributed by atoms with Crippen molar-refractivity contribution in [1.82, 2.24) is 0 Å². The quantitative estimate of drug-likeness (QED) is 0.465. The molecule has 0 aliphatic carbocycles. The molecule has 2 aromatic carbocycles. The van der Waals surface area contributed by atoms with Crippen LogP contribution in [0.4, 0.5) is 34.6 Å². The molecule has 0 unspecified atom stereocenters.